The van der Waals surface area contributed by atoms with Crippen molar-refractivity contribution in [3.8, 4) is 11.5 Å². The first-order valence-corrected chi connectivity index (χ1v) is 8.37. The molecular weight excluding hydrogens is 376 g/mol. The fourth-order valence-electron chi connectivity index (χ4n) is 2.47. The highest BCUT2D eigenvalue weighted by Crippen LogP contribution is 2.32. The quantitative estimate of drug-likeness (QED) is 0.521. The summed E-state index contributed by atoms with van der Waals surface area (Å²) in [4.78, 5) is 22.4. The molecule has 1 unspecified atom stereocenters. The average Bonchev–Trinajstić information content (AvgIpc) is 2.66. The summed E-state index contributed by atoms with van der Waals surface area (Å²) < 4.78 is 10.3. The van der Waals surface area contributed by atoms with Gasteiger partial charge in [0.2, 0.25) is 5.91 Å². The Labute approximate surface area is 160 Å². The maximum absolute atomic E-state index is 12.1. The topological polar surface area (TPSA) is 111 Å². The number of nitro groups is 1. The molecule has 0 aliphatic carbocycles. The first-order valence-electron chi connectivity index (χ1n) is 7.99. The zero-order valence-corrected chi connectivity index (χ0v) is 15.5. The van der Waals surface area contributed by atoms with Crippen molar-refractivity contribution < 1.29 is 24.3 Å². The number of nitro benzene ring substituents is 1. The Bertz CT molecular complexity index is 843. The minimum Gasteiger partial charge on any atom is -0.497 e. The van der Waals surface area contributed by atoms with Crippen molar-refractivity contribution in [1.82, 2.24) is 0 Å². The largest absolute Gasteiger partial charge is 0.497 e. The van der Waals surface area contributed by atoms with Gasteiger partial charge in [-0.2, -0.15) is 0 Å². The molecule has 0 aliphatic heterocycles. The summed E-state index contributed by atoms with van der Waals surface area (Å²) in [7, 11) is 3.00. The molecule has 1 atom stereocenters. The average molecular weight is 395 g/mol. The molecule has 0 bridgehead atoms. The zero-order valence-electron chi connectivity index (χ0n) is 14.8. The van der Waals surface area contributed by atoms with Crippen LogP contribution in [0.2, 0.25) is 5.02 Å². The number of carbonyl (C=O) groups excluding carboxylic acids is 1. The minimum absolute atomic E-state index is 0.00672. The van der Waals surface area contributed by atoms with Gasteiger partial charge in [-0.15, -0.1) is 0 Å². The van der Waals surface area contributed by atoms with Gasteiger partial charge in [-0.1, -0.05) is 11.6 Å². The van der Waals surface area contributed by atoms with Gasteiger partial charge in [-0.25, -0.2) is 0 Å². The summed E-state index contributed by atoms with van der Waals surface area (Å²) in [5.74, 6) is 0.651. The van der Waals surface area contributed by atoms with Gasteiger partial charge in [0.25, 0.3) is 5.69 Å². The Kier molecular flexibility index (Phi) is 6.98. The molecular formula is C18H19ClN2O6. The number of hydrogen-bond acceptors (Lipinski definition) is 6. The second-order valence-electron chi connectivity index (χ2n) is 5.63. The Morgan fingerprint density at radius 2 is 2.00 bits per heavy atom. The first-order chi connectivity index (χ1) is 12.8. The predicted molar refractivity (Wildman–Crippen MR) is 100 cm³/mol. The van der Waals surface area contributed by atoms with Crippen molar-refractivity contribution in [1.29, 1.82) is 0 Å². The van der Waals surface area contributed by atoms with Crippen LogP contribution in [0, 0.1) is 10.1 Å². The van der Waals surface area contributed by atoms with Crippen molar-refractivity contribution in [2.45, 2.75) is 18.9 Å². The SMILES string of the molecule is COc1ccc(C(O)CCC(=O)Nc2ccc(Cl)c([N+](=O)[O-])c2)c(OC)c1. The summed E-state index contributed by atoms with van der Waals surface area (Å²) >= 11 is 5.74. The van der Waals surface area contributed by atoms with Crippen LogP contribution in [0.3, 0.4) is 0 Å². The molecule has 2 N–H and O–H groups in total. The normalized spacial score (nSPS) is 11.6. The van der Waals surface area contributed by atoms with Gasteiger partial charge in [0.1, 0.15) is 16.5 Å². The fraction of sp³-hybridized carbons (Fsp3) is 0.278. The molecule has 0 radical (unpaired) electrons. The summed E-state index contributed by atoms with van der Waals surface area (Å²) in [5, 5.41) is 23.8. The number of anilines is 1. The molecule has 9 heteroatoms. The number of nitrogens with zero attached hydrogens (tertiary/aromatic N) is 1. The van der Waals surface area contributed by atoms with E-state index in [-0.39, 0.29) is 29.2 Å². The number of aliphatic hydroxyl groups excluding tert-OH is 1. The van der Waals surface area contributed by atoms with Gasteiger partial charge in [-0.3, -0.25) is 14.9 Å². The van der Waals surface area contributed by atoms with Crippen molar-refractivity contribution in [3.63, 3.8) is 0 Å². The third-order valence-corrected chi connectivity index (χ3v) is 4.19. The highest BCUT2D eigenvalue weighted by molar-refractivity contribution is 6.32. The van der Waals surface area contributed by atoms with Crippen LogP contribution in [0.15, 0.2) is 36.4 Å². The van der Waals surface area contributed by atoms with E-state index in [4.69, 9.17) is 21.1 Å². The van der Waals surface area contributed by atoms with Crippen LogP contribution in [-0.4, -0.2) is 30.2 Å². The molecule has 0 heterocycles. The van der Waals surface area contributed by atoms with E-state index in [1.165, 1.54) is 32.4 Å². The lowest BCUT2D eigenvalue weighted by Crippen LogP contribution is -2.13. The number of methoxy groups -OCH3 is 2. The van der Waals surface area contributed by atoms with Gasteiger partial charge in [0.05, 0.1) is 25.2 Å². The smallest absolute Gasteiger partial charge is 0.289 e. The third-order valence-electron chi connectivity index (χ3n) is 3.87. The van der Waals surface area contributed by atoms with Crippen molar-refractivity contribution in [2.24, 2.45) is 0 Å². The van der Waals surface area contributed by atoms with E-state index in [1.807, 2.05) is 0 Å². The summed E-state index contributed by atoms with van der Waals surface area (Å²) in [5.41, 5.74) is 0.498. The van der Waals surface area contributed by atoms with Crippen LogP contribution in [0.5, 0.6) is 11.5 Å². The van der Waals surface area contributed by atoms with Crippen molar-refractivity contribution in [2.75, 3.05) is 19.5 Å². The van der Waals surface area contributed by atoms with E-state index >= 15 is 0 Å². The lowest BCUT2D eigenvalue weighted by molar-refractivity contribution is -0.384. The number of hydrogen-bond donors (Lipinski definition) is 2. The monoisotopic (exact) mass is 394 g/mol. The molecule has 0 saturated carbocycles. The molecule has 144 valence electrons. The number of rotatable bonds is 8. The molecule has 2 aromatic carbocycles. The number of halogens is 1. The van der Waals surface area contributed by atoms with E-state index in [0.29, 0.717) is 17.1 Å². The number of aliphatic hydroxyl groups is 1. The lowest BCUT2D eigenvalue weighted by atomic mass is 10.0. The molecule has 8 nitrogen and oxygen atoms in total. The minimum atomic E-state index is -0.920. The maximum atomic E-state index is 12.1. The molecule has 0 saturated heterocycles. The molecule has 2 aromatic rings. The summed E-state index contributed by atoms with van der Waals surface area (Å²) in [6, 6.07) is 8.99. The van der Waals surface area contributed by atoms with Gasteiger partial charge < -0.3 is 19.9 Å². The van der Waals surface area contributed by atoms with Gasteiger partial charge in [-0.05, 0) is 30.7 Å². The number of carbonyl (C=O) groups is 1. The first kappa shape index (κ1) is 20.5. The second-order valence-corrected chi connectivity index (χ2v) is 6.04. The van der Waals surface area contributed by atoms with E-state index in [1.54, 1.807) is 18.2 Å². The molecule has 0 spiro atoms. The van der Waals surface area contributed by atoms with E-state index in [2.05, 4.69) is 5.32 Å². The Hall–Kier alpha value is -2.84. The standard InChI is InChI=1S/C18H19ClN2O6/c1-26-12-4-5-13(17(10-12)27-2)16(22)7-8-18(23)20-11-3-6-14(19)15(9-11)21(24)25/h3-6,9-10,16,22H,7-8H2,1-2H3,(H,20,23). The molecule has 0 aliphatic rings. The second kappa shape index (κ2) is 9.20. The Balaban J connectivity index is 1.99. The van der Waals surface area contributed by atoms with E-state index in [0.717, 1.165) is 0 Å². The fourth-order valence-corrected chi connectivity index (χ4v) is 2.66. The lowest BCUT2D eigenvalue weighted by Gasteiger charge is -2.15. The zero-order chi connectivity index (χ0) is 20.0. The summed E-state index contributed by atoms with van der Waals surface area (Å²) in [6.07, 6.45) is -0.770. The van der Waals surface area contributed by atoms with Crippen LogP contribution in [0.1, 0.15) is 24.5 Å². The van der Waals surface area contributed by atoms with Crippen molar-refractivity contribution >= 4 is 28.9 Å². The number of ether oxygens (including phenoxy) is 2. The number of benzene rings is 2. The van der Waals surface area contributed by atoms with Crippen molar-refractivity contribution in [3.05, 3.63) is 57.1 Å². The molecule has 1 amide bonds. The highest BCUT2D eigenvalue weighted by atomic mass is 35.5. The molecule has 2 rings (SSSR count). The number of nitrogens with one attached hydrogen (secondary N) is 1. The third kappa shape index (κ3) is 5.32. The van der Waals surface area contributed by atoms with Crippen LogP contribution in [0.25, 0.3) is 0 Å². The number of amides is 1. The van der Waals surface area contributed by atoms with E-state index < -0.39 is 16.9 Å². The van der Waals surface area contributed by atoms with Crippen LogP contribution < -0.4 is 14.8 Å². The Morgan fingerprint density at radius 1 is 1.26 bits per heavy atom. The van der Waals surface area contributed by atoms with Crippen LogP contribution in [-0.2, 0) is 4.79 Å². The molecule has 0 aromatic heterocycles. The maximum Gasteiger partial charge on any atom is 0.289 e. The van der Waals surface area contributed by atoms with Crippen LogP contribution in [0.4, 0.5) is 11.4 Å². The molecule has 0 fully saturated rings. The predicted octanol–water partition coefficient (Wildman–Crippen LogP) is 3.72. The van der Waals surface area contributed by atoms with Gasteiger partial charge >= 0.3 is 0 Å². The van der Waals surface area contributed by atoms with Gasteiger partial charge in [0.15, 0.2) is 0 Å². The van der Waals surface area contributed by atoms with Gasteiger partial charge in [0, 0.05) is 29.8 Å². The molecule has 27 heavy (non-hydrogen) atoms. The van der Waals surface area contributed by atoms with Crippen LogP contribution >= 0.6 is 11.6 Å². The van der Waals surface area contributed by atoms with E-state index in [9.17, 15) is 20.0 Å². The summed E-state index contributed by atoms with van der Waals surface area (Å²) in [6.45, 7) is 0. The highest BCUT2D eigenvalue weighted by Gasteiger charge is 2.17. The Morgan fingerprint density at radius 3 is 2.63 bits per heavy atom.